The molecule has 110 valence electrons. The number of rotatable bonds is 8. The summed E-state index contributed by atoms with van der Waals surface area (Å²) >= 11 is 0. The van der Waals surface area contributed by atoms with Crippen LogP contribution in [0.5, 0.6) is 0 Å². The number of carbonyl (C=O) groups excluding carboxylic acids is 1. The van der Waals surface area contributed by atoms with E-state index in [-0.39, 0.29) is 23.6 Å². The topological polar surface area (TPSA) is 50.4 Å². The fraction of sp³-hybridized carbons (Fsp3) is 0.533. The molecule has 2 rings (SSSR count). The Labute approximate surface area is 118 Å². The second-order valence-electron chi connectivity index (χ2n) is 5.03. The number of halogens is 1. The largest absolute Gasteiger partial charge is 0.383 e. The minimum absolute atomic E-state index is 0.0411. The van der Waals surface area contributed by atoms with Crippen molar-refractivity contribution in [2.24, 2.45) is 5.92 Å². The first-order valence-electron chi connectivity index (χ1n) is 6.95. The lowest BCUT2D eigenvalue weighted by molar-refractivity contribution is -0.122. The molecule has 0 spiro atoms. The van der Waals surface area contributed by atoms with Crippen molar-refractivity contribution < 1.29 is 13.9 Å². The molecule has 1 saturated carbocycles. The number of benzene rings is 1. The highest BCUT2D eigenvalue weighted by atomic mass is 19.1. The number of amides is 1. The Hall–Kier alpha value is -1.46. The number of nitrogens with one attached hydrogen (secondary N) is 2. The minimum Gasteiger partial charge on any atom is -0.383 e. The van der Waals surface area contributed by atoms with E-state index in [1.165, 1.54) is 12.1 Å². The molecule has 20 heavy (non-hydrogen) atoms. The van der Waals surface area contributed by atoms with E-state index in [4.69, 9.17) is 4.74 Å². The molecule has 1 aromatic rings. The first-order valence-corrected chi connectivity index (χ1v) is 6.95. The highest BCUT2D eigenvalue weighted by Crippen LogP contribution is 2.47. The van der Waals surface area contributed by atoms with Gasteiger partial charge in [-0.3, -0.25) is 4.79 Å². The van der Waals surface area contributed by atoms with Crippen LogP contribution in [0.25, 0.3) is 0 Å². The molecule has 1 aromatic carbocycles. The normalized spacial score (nSPS) is 20.7. The Balaban J connectivity index is 1.64. The Bertz CT molecular complexity index is 436. The molecule has 1 amide bonds. The molecular formula is C15H21FN2O2. The minimum atomic E-state index is -0.238. The van der Waals surface area contributed by atoms with E-state index in [0.717, 1.165) is 25.1 Å². The summed E-state index contributed by atoms with van der Waals surface area (Å²) in [4.78, 5) is 11.9. The third-order valence-corrected chi connectivity index (χ3v) is 3.51. The van der Waals surface area contributed by atoms with Gasteiger partial charge in [0.1, 0.15) is 5.82 Å². The summed E-state index contributed by atoms with van der Waals surface area (Å²) in [5.74, 6) is 0.141. The van der Waals surface area contributed by atoms with Gasteiger partial charge in [0, 0.05) is 32.7 Å². The van der Waals surface area contributed by atoms with Crippen LogP contribution in [-0.4, -0.2) is 39.3 Å². The molecule has 2 unspecified atom stereocenters. The Morgan fingerprint density at radius 2 is 2.05 bits per heavy atom. The lowest BCUT2D eigenvalue weighted by Crippen LogP contribution is -2.34. The van der Waals surface area contributed by atoms with Crippen molar-refractivity contribution in [3.05, 3.63) is 35.6 Å². The first-order chi connectivity index (χ1) is 9.72. The van der Waals surface area contributed by atoms with E-state index in [0.29, 0.717) is 13.2 Å². The third kappa shape index (κ3) is 4.28. The monoisotopic (exact) mass is 280 g/mol. The van der Waals surface area contributed by atoms with Gasteiger partial charge in [0.15, 0.2) is 0 Å². The predicted octanol–water partition coefficient (Wildman–Crippen LogP) is 1.28. The summed E-state index contributed by atoms with van der Waals surface area (Å²) in [5, 5.41) is 6.09. The first kappa shape index (κ1) is 14.9. The molecular weight excluding hydrogens is 259 g/mol. The molecule has 2 atom stereocenters. The van der Waals surface area contributed by atoms with E-state index < -0.39 is 0 Å². The number of methoxy groups -OCH3 is 1. The molecule has 0 bridgehead atoms. The zero-order chi connectivity index (χ0) is 14.4. The molecule has 1 aliphatic rings. The standard InChI is InChI=1S/C15H21FN2O2/c1-20-9-8-17-6-7-18-15(19)14-10-13(14)11-2-4-12(16)5-3-11/h2-5,13-14,17H,6-10H2,1H3,(H,18,19). The van der Waals surface area contributed by atoms with Gasteiger partial charge in [-0.25, -0.2) is 4.39 Å². The molecule has 0 heterocycles. The van der Waals surface area contributed by atoms with Gasteiger partial charge in [-0.1, -0.05) is 12.1 Å². The average molecular weight is 280 g/mol. The van der Waals surface area contributed by atoms with Crippen LogP contribution in [0.2, 0.25) is 0 Å². The number of hydrogen-bond acceptors (Lipinski definition) is 3. The van der Waals surface area contributed by atoms with E-state index >= 15 is 0 Å². The third-order valence-electron chi connectivity index (χ3n) is 3.51. The molecule has 1 fully saturated rings. The molecule has 0 aromatic heterocycles. The molecule has 0 radical (unpaired) electrons. The zero-order valence-electron chi connectivity index (χ0n) is 11.7. The zero-order valence-corrected chi connectivity index (χ0v) is 11.7. The van der Waals surface area contributed by atoms with Crippen molar-refractivity contribution in [1.82, 2.24) is 10.6 Å². The van der Waals surface area contributed by atoms with Crippen molar-refractivity contribution in [2.45, 2.75) is 12.3 Å². The van der Waals surface area contributed by atoms with E-state index in [9.17, 15) is 9.18 Å². The van der Waals surface area contributed by atoms with Crippen molar-refractivity contribution in [3.8, 4) is 0 Å². The summed E-state index contributed by atoms with van der Waals surface area (Å²) in [5.41, 5.74) is 1.05. The fourth-order valence-electron chi connectivity index (χ4n) is 2.27. The molecule has 0 saturated heterocycles. The highest BCUT2D eigenvalue weighted by molar-refractivity contribution is 5.82. The highest BCUT2D eigenvalue weighted by Gasteiger charge is 2.43. The Morgan fingerprint density at radius 3 is 2.75 bits per heavy atom. The SMILES string of the molecule is COCCNCCNC(=O)C1CC1c1ccc(F)cc1. The molecule has 4 nitrogen and oxygen atoms in total. The number of carbonyl (C=O) groups is 1. The summed E-state index contributed by atoms with van der Waals surface area (Å²) in [7, 11) is 1.66. The van der Waals surface area contributed by atoms with Crippen LogP contribution in [0.1, 0.15) is 17.9 Å². The Morgan fingerprint density at radius 1 is 1.30 bits per heavy atom. The second kappa shape index (κ2) is 7.36. The van der Waals surface area contributed by atoms with E-state index in [1.807, 2.05) is 0 Å². The maximum atomic E-state index is 12.8. The van der Waals surface area contributed by atoms with Crippen molar-refractivity contribution in [2.75, 3.05) is 33.4 Å². The smallest absolute Gasteiger partial charge is 0.223 e. The van der Waals surface area contributed by atoms with Gasteiger partial charge in [-0.15, -0.1) is 0 Å². The number of ether oxygens (including phenoxy) is 1. The van der Waals surface area contributed by atoms with Gasteiger partial charge in [0.05, 0.1) is 6.61 Å². The van der Waals surface area contributed by atoms with Crippen LogP contribution >= 0.6 is 0 Å². The van der Waals surface area contributed by atoms with Crippen LogP contribution < -0.4 is 10.6 Å². The molecule has 2 N–H and O–H groups in total. The maximum absolute atomic E-state index is 12.8. The van der Waals surface area contributed by atoms with Gasteiger partial charge in [-0.2, -0.15) is 0 Å². The van der Waals surface area contributed by atoms with Gasteiger partial charge in [0.25, 0.3) is 0 Å². The summed E-state index contributed by atoms with van der Waals surface area (Å²) in [6.07, 6.45) is 0.856. The van der Waals surface area contributed by atoms with Gasteiger partial charge in [-0.05, 0) is 30.0 Å². The van der Waals surface area contributed by atoms with Crippen molar-refractivity contribution in [1.29, 1.82) is 0 Å². The van der Waals surface area contributed by atoms with Crippen molar-refractivity contribution >= 4 is 5.91 Å². The lowest BCUT2D eigenvalue weighted by atomic mass is 10.1. The Kier molecular flexibility index (Phi) is 5.49. The predicted molar refractivity (Wildman–Crippen MR) is 75.0 cm³/mol. The summed E-state index contributed by atoms with van der Waals surface area (Å²) in [6.45, 7) is 2.81. The van der Waals surface area contributed by atoms with Crippen LogP contribution in [0.4, 0.5) is 4.39 Å². The molecule has 5 heteroatoms. The van der Waals surface area contributed by atoms with Gasteiger partial charge < -0.3 is 15.4 Å². The number of hydrogen-bond donors (Lipinski definition) is 2. The van der Waals surface area contributed by atoms with Gasteiger partial charge >= 0.3 is 0 Å². The quantitative estimate of drug-likeness (QED) is 0.705. The van der Waals surface area contributed by atoms with E-state index in [1.54, 1.807) is 19.2 Å². The fourth-order valence-corrected chi connectivity index (χ4v) is 2.27. The lowest BCUT2D eigenvalue weighted by Gasteiger charge is -2.06. The van der Waals surface area contributed by atoms with Crippen molar-refractivity contribution in [3.63, 3.8) is 0 Å². The summed E-state index contributed by atoms with van der Waals surface area (Å²) in [6, 6.07) is 6.42. The maximum Gasteiger partial charge on any atom is 0.223 e. The van der Waals surface area contributed by atoms with Crippen LogP contribution in [0.15, 0.2) is 24.3 Å². The van der Waals surface area contributed by atoms with Crippen LogP contribution in [0, 0.1) is 11.7 Å². The average Bonchev–Trinajstić information content (AvgIpc) is 3.24. The van der Waals surface area contributed by atoms with Crippen LogP contribution in [0.3, 0.4) is 0 Å². The van der Waals surface area contributed by atoms with E-state index in [2.05, 4.69) is 10.6 Å². The van der Waals surface area contributed by atoms with Gasteiger partial charge in [0.2, 0.25) is 5.91 Å². The van der Waals surface area contributed by atoms with Crippen LogP contribution in [-0.2, 0) is 9.53 Å². The summed E-state index contributed by atoms with van der Waals surface area (Å²) < 4.78 is 17.7. The second-order valence-corrected chi connectivity index (χ2v) is 5.03. The molecule has 0 aliphatic heterocycles. The molecule has 1 aliphatic carbocycles.